The number of aromatic nitrogens is 2. The molecule has 0 bridgehead atoms. The monoisotopic (exact) mass is 287 g/mol. The molecule has 0 radical (unpaired) electrons. The molecule has 2 heterocycles. The second-order valence-corrected chi connectivity index (χ2v) is 5.77. The molecule has 1 fully saturated rings. The van der Waals surface area contributed by atoms with E-state index in [1.165, 1.54) is 5.56 Å². The number of hydrogen-bond acceptors (Lipinski definition) is 5. The highest BCUT2D eigenvalue weighted by Crippen LogP contribution is 2.27. The minimum Gasteiger partial charge on any atom is -0.379 e. The van der Waals surface area contributed by atoms with Crippen molar-refractivity contribution in [1.29, 1.82) is 0 Å². The SMILES string of the molecule is CNC1COCC1c1nc(-c2ccc(C(C)C)cc2)no1. The summed E-state index contributed by atoms with van der Waals surface area (Å²) < 4.78 is 10.9. The molecule has 2 unspecified atom stereocenters. The summed E-state index contributed by atoms with van der Waals surface area (Å²) in [4.78, 5) is 4.54. The first-order valence-corrected chi connectivity index (χ1v) is 7.38. The molecule has 1 saturated heterocycles. The van der Waals surface area contributed by atoms with E-state index in [1.54, 1.807) is 0 Å². The Morgan fingerprint density at radius 2 is 1.95 bits per heavy atom. The van der Waals surface area contributed by atoms with Crippen molar-refractivity contribution in [2.24, 2.45) is 0 Å². The van der Waals surface area contributed by atoms with E-state index in [1.807, 2.05) is 19.2 Å². The maximum absolute atomic E-state index is 5.48. The fraction of sp³-hybridized carbons (Fsp3) is 0.500. The van der Waals surface area contributed by atoms with Crippen molar-refractivity contribution in [2.45, 2.75) is 31.7 Å². The van der Waals surface area contributed by atoms with Gasteiger partial charge >= 0.3 is 0 Å². The molecule has 3 rings (SSSR count). The number of ether oxygens (including phenoxy) is 1. The maximum Gasteiger partial charge on any atom is 0.234 e. The molecule has 0 saturated carbocycles. The number of nitrogens with zero attached hydrogens (tertiary/aromatic N) is 2. The summed E-state index contributed by atoms with van der Waals surface area (Å²) >= 11 is 0. The average Bonchev–Trinajstić information content (AvgIpc) is 3.15. The Balaban J connectivity index is 1.81. The van der Waals surface area contributed by atoms with Gasteiger partial charge in [0, 0.05) is 11.6 Å². The predicted octanol–water partition coefficient (Wildman–Crippen LogP) is 2.56. The molecule has 1 aromatic carbocycles. The van der Waals surface area contributed by atoms with Crippen LogP contribution in [0.4, 0.5) is 0 Å². The van der Waals surface area contributed by atoms with Crippen LogP contribution in [0.25, 0.3) is 11.4 Å². The minimum atomic E-state index is 0.131. The lowest BCUT2D eigenvalue weighted by Crippen LogP contribution is -2.31. The van der Waals surface area contributed by atoms with Crippen LogP contribution < -0.4 is 5.32 Å². The Hall–Kier alpha value is -1.72. The van der Waals surface area contributed by atoms with Crippen LogP contribution in [0.5, 0.6) is 0 Å². The minimum absolute atomic E-state index is 0.131. The summed E-state index contributed by atoms with van der Waals surface area (Å²) in [7, 11) is 1.92. The lowest BCUT2D eigenvalue weighted by Gasteiger charge is -2.11. The lowest BCUT2D eigenvalue weighted by atomic mass is 10.0. The van der Waals surface area contributed by atoms with Gasteiger partial charge in [0.25, 0.3) is 0 Å². The summed E-state index contributed by atoms with van der Waals surface area (Å²) in [5, 5.41) is 7.33. The Morgan fingerprint density at radius 3 is 2.62 bits per heavy atom. The van der Waals surface area contributed by atoms with Crippen LogP contribution in [0.15, 0.2) is 28.8 Å². The molecule has 1 aliphatic heterocycles. The molecule has 2 aromatic rings. The van der Waals surface area contributed by atoms with Gasteiger partial charge in [0.2, 0.25) is 11.7 Å². The molecular formula is C16H21N3O2. The standard InChI is InChI=1S/C16H21N3O2/c1-10(2)11-4-6-12(7-5-11)15-18-16(21-19-15)13-8-20-9-14(13)17-3/h4-7,10,13-14,17H,8-9H2,1-3H3. The fourth-order valence-electron chi connectivity index (χ4n) is 2.60. The number of hydrogen-bond donors (Lipinski definition) is 1. The van der Waals surface area contributed by atoms with Crippen LogP contribution in [-0.4, -0.2) is 36.4 Å². The van der Waals surface area contributed by atoms with Gasteiger partial charge in [0.15, 0.2) is 0 Å². The van der Waals surface area contributed by atoms with E-state index in [9.17, 15) is 0 Å². The normalized spacial score (nSPS) is 22.1. The molecule has 1 aromatic heterocycles. The largest absolute Gasteiger partial charge is 0.379 e. The van der Waals surface area contributed by atoms with E-state index in [-0.39, 0.29) is 12.0 Å². The Kier molecular flexibility index (Phi) is 4.03. The predicted molar refractivity (Wildman–Crippen MR) is 80.2 cm³/mol. The Morgan fingerprint density at radius 1 is 1.19 bits per heavy atom. The lowest BCUT2D eigenvalue weighted by molar-refractivity contribution is 0.185. The van der Waals surface area contributed by atoms with E-state index in [2.05, 4.69) is 41.4 Å². The van der Waals surface area contributed by atoms with Crippen LogP contribution in [-0.2, 0) is 4.74 Å². The number of benzene rings is 1. The fourth-order valence-corrected chi connectivity index (χ4v) is 2.60. The van der Waals surface area contributed by atoms with Crippen molar-refractivity contribution < 1.29 is 9.26 Å². The van der Waals surface area contributed by atoms with Crippen molar-refractivity contribution in [3.05, 3.63) is 35.7 Å². The van der Waals surface area contributed by atoms with Crippen molar-refractivity contribution in [3.63, 3.8) is 0 Å². The molecule has 0 spiro atoms. The quantitative estimate of drug-likeness (QED) is 0.936. The number of rotatable bonds is 4. The van der Waals surface area contributed by atoms with Gasteiger partial charge in [-0.1, -0.05) is 43.3 Å². The van der Waals surface area contributed by atoms with E-state index >= 15 is 0 Å². The first-order valence-electron chi connectivity index (χ1n) is 7.38. The van der Waals surface area contributed by atoms with Gasteiger partial charge in [0.05, 0.1) is 19.1 Å². The van der Waals surface area contributed by atoms with Gasteiger partial charge in [-0.3, -0.25) is 0 Å². The van der Waals surface area contributed by atoms with Gasteiger partial charge in [0.1, 0.15) is 0 Å². The summed E-state index contributed by atoms with van der Waals surface area (Å²) in [6.45, 7) is 5.67. The van der Waals surface area contributed by atoms with Crippen molar-refractivity contribution >= 4 is 0 Å². The average molecular weight is 287 g/mol. The third-order valence-electron chi connectivity index (χ3n) is 4.05. The van der Waals surface area contributed by atoms with Crippen LogP contribution in [0, 0.1) is 0 Å². The van der Waals surface area contributed by atoms with Crippen molar-refractivity contribution in [1.82, 2.24) is 15.5 Å². The Labute approximate surface area is 124 Å². The topological polar surface area (TPSA) is 60.2 Å². The van der Waals surface area contributed by atoms with E-state index in [0.29, 0.717) is 30.8 Å². The molecule has 1 N–H and O–H groups in total. The Bertz CT molecular complexity index is 592. The van der Waals surface area contributed by atoms with E-state index in [0.717, 1.165) is 5.56 Å². The van der Waals surface area contributed by atoms with Crippen LogP contribution in [0.1, 0.15) is 37.1 Å². The van der Waals surface area contributed by atoms with Crippen LogP contribution in [0.2, 0.25) is 0 Å². The molecule has 112 valence electrons. The second kappa shape index (κ2) is 5.95. The third-order valence-corrected chi connectivity index (χ3v) is 4.05. The highest BCUT2D eigenvalue weighted by molar-refractivity contribution is 5.54. The van der Waals surface area contributed by atoms with Gasteiger partial charge < -0.3 is 14.6 Å². The van der Waals surface area contributed by atoms with Gasteiger partial charge in [-0.25, -0.2) is 0 Å². The highest BCUT2D eigenvalue weighted by atomic mass is 16.5. The van der Waals surface area contributed by atoms with Gasteiger partial charge in [-0.15, -0.1) is 0 Å². The van der Waals surface area contributed by atoms with Gasteiger partial charge in [-0.2, -0.15) is 4.98 Å². The molecule has 0 aliphatic carbocycles. The molecule has 5 heteroatoms. The molecule has 5 nitrogen and oxygen atoms in total. The molecule has 1 aliphatic rings. The van der Waals surface area contributed by atoms with Crippen molar-refractivity contribution in [2.75, 3.05) is 20.3 Å². The summed E-state index contributed by atoms with van der Waals surface area (Å²) in [6, 6.07) is 8.56. The zero-order chi connectivity index (χ0) is 14.8. The second-order valence-electron chi connectivity index (χ2n) is 5.77. The van der Waals surface area contributed by atoms with E-state index in [4.69, 9.17) is 9.26 Å². The summed E-state index contributed by atoms with van der Waals surface area (Å²) in [5.74, 6) is 1.94. The van der Waals surface area contributed by atoms with E-state index < -0.39 is 0 Å². The zero-order valence-corrected chi connectivity index (χ0v) is 12.7. The number of likely N-dealkylation sites (N-methyl/N-ethyl adjacent to an activating group) is 1. The molecular weight excluding hydrogens is 266 g/mol. The van der Waals surface area contributed by atoms with Crippen molar-refractivity contribution in [3.8, 4) is 11.4 Å². The zero-order valence-electron chi connectivity index (χ0n) is 12.7. The van der Waals surface area contributed by atoms with Gasteiger partial charge in [-0.05, 0) is 18.5 Å². The highest BCUT2D eigenvalue weighted by Gasteiger charge is 2.33. The first-order chi connectivity index (χ1) is 10.2. The smallest absolute Gasteiger partial charge is 0.234 e. The van der Waals surface area contributed by atoms with Crippen LogP contribution >= 0.6 is 0 Å². The first kappa shape index (κ1) is 14.2. The molecule has 2 atom stereocenters. The maximum atomic E-state index is 5.48. The van der Waals surface area contributed by atoms with Crippen LogP contribution in [0.3, 0.4) is 0 Å². The molecule has 0 amide bonds. The summed E-state index contributed by atoms with van der Waals surface area (Å²) in [5.41, 5.74) is 2.29. The third kappa shape index (κ3) is 2.84. The molecule has 21 heavy (non-hydrogen) atoms. The summed E-state index contributed by atoms with van der Waals surface area (Å²) in [6.07, 6.45) is 0. The number of nitrogens with one attached hydrogen (secondary N) is 1.